The van der Waals surface area contributed by atoms with Gasteiger partial charge in [0.05, 0.1) is 17.0 Å². The molecule has 164 valence electrons. The zero-order valence-corrected chi connectivity index (χ0v) is 19.8. The topological polar surface area (TPSA) is 63.1 Å². The highest BCUT2D eigenvalue weighted by Gasteiger charge is 2.24. The number of amides is 1. The van der Waals surface area contributed by atoms with Gasteiger partial charge in [-0.15, -0.1) is 10.2 Å². The zero-order chi connectivity index (χ0) is 22.7. The van der Waals surface area contributed by atoms with Crippen molar-refractivity contribution in [1.82, 2.24) is 19.7 Å². The molecule has 0 aliphatic heterocycles. The Bertz CT molecular complexity index is 1070. The van der Waals surface area contributed by atoms with Gasteiger partial charge >= 0.3 is 0 Å². The van der Waals surface area contributed by atoms with E-state index in [0.717, 1.165) is 17.6 Å². The molecule has 0 spiro atoms. The van der Waals surface area contributed by atoms with E-state index in [9.17, 15) is 9.18 Å². The third-order valence-electron chi connectivity index (χ3n) is 4.73. The van der Waals surface area contributed by atoms with E-state index in [0.29, 0.717) is 10.2 Å². The van der Waals surface area contributed by atoms with Crippen LogP contribution in [0.1, 0.15) is 25.7 Å². The van der Waals surface area contributed by atoms with Crippen LogP contribution in [0.25, 0.3) is 5.69 Å². The van der Waals surface area contributed by atoms with Crippen LogP contribution < -0.4 is 5.32 Å². The summed E-state index contributed by atoms with van der Waals surface area (Å²) >= 11 is 13.1. The molecular weight excluding hydrogens is 460 g/mol. The van der Waals surface area contributed by atoms with Crippen LogP contribution in [0.15, 0.2) is 47.6 Å². The molecule has 3 aromatic rings. The van der Waals surface area contributed by atoms with E-state index in [1.807, 2.05) is 42.6 Å². The van der Waals surface area contributed by atoms with Crippen molar-refractivity contribution in [2.75, 3.05) is 19.4 Å². The van der Waals surface area contributed by atoms with Crippen molar-refractivity contribution in [1.29, 1.82) is 0 Å². The van der Waals surface area contributed by atoms with Crippen molar-refractivity contribution in [3.63, 3.8) is 0 Å². The normalized spacial score (nSPS) is 13.3. The summed E-state index contributed by atoms with van der Waals surface area (Å²) in [7, 11) is 3.91. The smallest absolute Gasteiger partial charge is 0.237 e. The van der Waals surface area contributed by atoms with E-state index < -0.39 is 11.1 Å². The first kappa shape index (κ1) is 23.5. The summed E-state index contributed by atoms with van der Waals surface area (Å²) in [4.78, 5) is 14.7. The lowest BCUT2D eigenvalue weighted by atomic mass is 10.2. The zero-order valence-electron chi connectivity index (χ0n) is 17.4. The Labute approximate surface area is 194 Å². The fourth-order valence-corrected chi connectivity index (χ4v) is 3.89. The molecule has 0 saturated heterocycles. The Morgan fingerprint density at radius 2 is 1.74 bits per heavy atom. The van der Waals surface area contributed by atoms with Gasteiger partial charge < -0.3 is 5.32 Å². The summed E-state index contributed by atoms with van der Waals surface area (Å²) in [6.45, 7) is 3.74. The number of hydrogen-bond acceptors (Lipinski definition) is 5. The maximum absolute atomic E-state index is 14.0. The van der Waals surface area contributed by atoms with Gasteiger partial charge in [0.15, 0.2) is 11.0 Å². The number of benzene rings is 2. The van der Waals surface area contributed by atoms with Gasteiger partial charge in [-0.3, -0.25) is 14.3 Å². The molecule has 1 heterocycles. The van der Waals surface area contributed by atoms with Crippen LogP contribution in [0.5, 0.6) is 0 Å². The highest BCUT2D eigenvalue weighted by atomic mass is 35.5. The Morgan fingerprint density at radius 1 is 1.10 bits per heavy atom. The lowest BCUT2D eigenvalue weighted by Crippen LogP contribution is -2.24. The number of nitrogens with one attached hydrogen (secondary N) is 1. The number of aromatic nitrogens is 3. The molecule has 1 aromatic heterocycles. The van der Waals surface area contributed by atoms with Gasteiger partial charge in [0, 0.05) is 15.7 Å². The van der Waals surface area contributed by atoms with Crippen LogP contribution in [-0.2, 0) is 4.79 Å². The molecule has 10 heteroatoms. The van der Waals surface area contributed by atoms with E-state index in [1.165, 1.54) is 23.9 Å². The number of hydrogen-bond donors (Lipinski definition) is 1. The van der Waals surface area contributed by atoms with Crippen molar-refractivity contribution in [2.45, 2.75) is 30.3 Å². The monoisotopic (exact) mass is 481 g/mol. The maximum Gasteiger partial charge on any atom is 0.237 e. The molecule has 1 amide bonds. The van der Waals surface area contributed by atoms with Crippen molar-refractivity contribution in [3.8, 4) is 5.69 Å². The van der Waals surface area contributed by atoms with E-state index in [1.54, 1.807) is 19.1 Å². The minimum absolute atomic E-state index is 0.0233. The van der Waals surface area contributed by atoms with Crippen molar-refractivity contribution in [2.24, 2.45) is 0 Å². The van der Waals surface area contributed by atoms with Gasteiger partial charge in [0.2, 0.25) is 5.91 Å². The Balaban J connectivity index is 1.87. The first-order valence-electron chi connectivity index (χ1n) is 9.47. The van der Waals surface area contributed by atoms with Crippen LogP contribution >= 0.6 is 35.0 Å². The van der Waals surface area contributed by atoms with Gasteiger partial charge in [-0.25, -0.2) is 4.39 Å². The van der Waals surface area contributed by atoms with Gasteiger partial charge in [-0.1, -0.05) is 35.0 Å². The standard InChI is InChI=1S/C21H22Cl2FN5OS/c1-12(28(3)4)19-26-27-21(29(19)16-8-5-14(22)6-9-16)31-13(2)20(30)25-18-10-7-15(23)11-17(18)24/h5-13H,1-4H3,(H,25,30)/t12-,13+/m0/s1. The van der Waals surface area contributed by atoms with E-state index in [2.05, 4.69) is 15.5 Å². The Kier molecular flexibility index (Phi) is 7.59. The summed E-state index contributed by atoms with van der Waals surface area (Å²) in [5.41, 5.74) is 0.903. The second-order valence-electron chi connectivity index (χ2n) is 7.17. The number of anilines is 1. The molecule has 0 unspecified atom stereocenters. The molecule has 31 heavy (non-hydrogen) atoms. The molecule has 0 radical (unpaired) electrons. The van der Waals surface area contributed by atoms with Gasteiger partial charge in [-0.2, -0.15) is 0 Å². The van der Waals surface area contributed by atoms with Crippen LogP contribution in [-0.4, -0.2) is 44.9 Å². The second kappa shape index (κ2) is 9.99. The lowest BCUT2D eigenvalue weighted by molar-refractivity contribution is -0.115. The summed E-state index contributed by atoms with van der Waals surface area (Å²) < 4.78 is 15.9. The molecule has 0 aliphatic rings. The summed E-state index contributed by atoms with van der Waals surface area (Å²) in [6, 6.07) is 11.4. The lowest BCUT2D eigenvalue weighted by Gasteiger charge is -2.21. The first-order valence-corrected chi connectivity index (χ1v) is 11.1. The first-order chi connectivity index (χ1) is 14.7. The number of nitrogens with zero attached hydrogens (tertiary/aromatic N) is 4. The predicted octanol–water partition coefficient (Wildman–Crippen LogP) is 5.46. The van der Waals surface area contributed by atoms with Gasteiger partial charge in [0.25, 0.3) is 0 Å². The second-order valence-corrected chi connectivity index (χ2v) is 9.35. The SMILES string of the molecule is C[C@@H](Sc1nnc([C@H](C)N(C)C)n1-c1ccc(Cl)cc1)C(=O)Nc1ccc(Cl)cc1F. The highest BCUT2D eigenvalue weighted by molar-refractivity contribution is 8.00. The minimum Gasteiger partial charge on any atom is -0.323 e. The molecule has 1 N–H and O–H groups in total. The Hall–Kier alpha value is -2.13. The molecular formula is C21H22Cl2FN5OS. The van der Waals surface area contributed by atoms with Crippen LogP contribution in [0, 0.1) is 5.82 Å². The predicted molar refractivity (Wildman–Crippen MR) is 124 cm³/mol. The molecule has 0 bridgehead atoms. The van der Waals surface area contributed by atoms with Crippen LogP contribution in [0.2, 0.25) is 10.0 Å². The number of carbonyl (C=O) groups excluding carboxylic acids is 1. The fourth-order valence-electron chi connectivity index (χ4n) is 2.73. The molecule has 2 atom stereocenters. The molecule has 3 rings (SSSR count). The minimum atomic E-state index is -0.593. The molecule has 0 aliphatic carbocycles. The number of carbonyl (C=O) groups is 1. The van der Waals surface area contributed by atoms with Gasteiger partial charge in [0.1, 0.15) is 5.82 Å². The van der Waals surface area contributed by atoms with Crippen LogP contribution in [0.4, 0.5) is 10.1 Å². The maximum atomic E-state index is 14.0. The average molecular weight is 482 g/mol. The quantitative estimate of drug-likeness (QED) is 0.454. The van der Waals surface area contributed by atoms with E-state index in [-0.39, 0.29) is 22.7 Å². The van der Waals surface area contributed by atoms with Crippen molar-refractivity contribution < 1.29 is 9.18 Å². The summed E-state index contributed by atoms with van der Waals surface area (Å²) in [5.74, 6) is -0.227. The number of rotatable bonds is 7. The molecule has 0 saturated carbocycles. The van der Waals surface area contributed by atoms with Crippen molar-refractivity contribution >= 4 is 46.6 Å². The third kappa shape index (κ3) is 5.57. The largest absolute Gasteiger partial charge is 0.323 e. The molecule has 0 fully saturated rings. The highest BCUT2D eigenvalue weighted by Crippen LogP contribution is 2.30. The molecule has 2 aromatic carbocycles. The Morgan fingerprint density at radius 3 is 2.35 bits per heavy atom. The van der Waals surface area contributed by atoms with Crippen LogP contribution in [0.3, 0.4) is 0 Å². The summed E-state index contributed by atoms with van der Waals surface area (Å²) in [5, 5.41) is 12.1. The fraction of sp³-hybridized carbons (Fsp3) is 0.286. The summed E-state index contributed by atoms with van der Waals surface area (Å²) in [6.07, 6.45) is 0. The molecule has 6 nitrogen and oxygen atoms in total. The van der Waals surface area contributed by atoms with E-state index >= 15 is 0 Å². The third-order valence-corrected chi connectivity index (χ3v) is 6.26. The number of halogens is 3. The van der Waals surface area contributed by atoms with Gasteiger partial charge in [-0.05, 0) is 70.4 Å². The van der Waals surface area contributed by atoms with E-state index in [4.69, 9.17) is 23.2 Å². The van der Waals surface area contributed by atoms with Crippen molar-refractivity contribution in [3.05, 3.63) is 64.2 Å². The average Bonchev–Trinajstić information content (AvgIpc) is 3.13. The number of thioether (sulfide) groups is 1.